The largest absolute Gasteiger partial charge is 0.448 e. The molecule has 1 fully saturated rings. The number of aryl methyl sites for hydroxylation is 1. The minimum Gasteiger partial charge on any atom is -0.448 e. The number of sulfonamides is 1. The van der Waals surface area contributed by atoms with Crippen LogP contribution in [0.1, 0.15) is 42.3 Å². The summed E-state index contributed by atoms with van der Waals surface area (Å²) in [5.74, 6) is 0.195. The van der Waals surface area contributed by atoms with E-state index in [1.54, 1.807) is 6.92 Å². The van der Waals surface area contributed by atoms with Crippen LogP contribution in [-0.4, -0.2) is 63.3 Å². The number of hydrogen-bond donors (Lipinski definition) is 1. The Hall–Kier alpha value is -1.09. The van der Waals surface area contributed by atoms with Crippen LogP contribution in [0.15, 0.2) is 15.6 Å². The quantitative estimate of drug-likeness (QED) is 0.797. The van der Waals surface area contributed by atoms with E-state index in [-0.39, 0.29) is 29.4 Å². The Labute approximate surface area is 156 Å². The molecule has 2 heterocycles. The molecule has 1 aliphatic heterocycles. The van der Waals surface area contributed by atoms with Gasteiger partial charge in [0.2, 0.25) is 5.09 Å². The monoisotopic (exact) mass is 393 g/mol. The third-order valence-corrected chi connectivity index (χ3v) is 6.01. The van der Waals surface area contributed by atoms with Crippen molar-refractivity contribution >= 4 is 28.3 Å². The molecule has 0 atom stereocenters. The molecular weight excluding hydrogens is 366 g/mol. The Morgan fingerprint density at radius 1 is 1.32 bits per heavy atom. The van der Waals surface area contributed by atoms with Gasteiger partial charge in [-0.05, 0) is 39.3 Å². The van der Waals surface area contributed by atoms with Crippen molar-refractivity contribution in [3.63, 3.8) is 0 Å². The smallest absolute Gasteiger partial charge is 0.275 e. The molecule has 1 N–H and O–H groups in total. The highest BCUT2D eigenvalue weighted by Crippen LogP contribution is 2.24. The van der Waals surface area contributed by atoms with Gasteiger partial charge in [-0.2, -0.15) is 0 Å². The first-order valence-electron chi connectivity index (χ1n) is 8.33. The molecule has 0 aromatic carbocycles. The zero-order valence-electron chi connectivity index (χ0n) is 15.2. The van der Waals surface area contributed by atoms with Crippen LogP contribution in [-0.2, 0) is 10.0 Å². The molecule has 1 amide bonds. The number of carbonyl (C=O) groups excluding carboxylic acids is 1. The minimum absolute atomic E-state index is 0. The van der Waals surface area contributed by atoms with Crippen LogP contribution in [0.25, 0.3) is 0 Å². The van der Waals surface area contributed by atoms with Crippen molar-refractivity contribution in [3.05, 3.63) is 17.4 Å². The van der Waals surface area contributed by atoms with Crippen molar-refractivity contribution < 1.29 is 17.6 Å². The van der Waals surface area contributed by atoms with Gasteiger partial charge in [-0.15, -0.1) is 12.4 Å². The van der Waals surface area contributed by atoms with Gasteiger partial charge < -0.3 is 14.6 Å². The highest BCUT2D eigenvalue weighted by atomic mass is 35.5. The molecule has 0 saturated carbocycles. The van der Waals surface area contributed by atoms with Crippen LogP contribution in [0.2, 0.25) is 0 Å². The topological polar surface area (TPSA) is 82.9 Å². The molecule has 0 aliphatic carbocycles. The Morgan fingerprint density at radius 2 is 1.92 bits per heavy atom. The van der Waals surface area contributed by atoms with Gasteiger partial charge in [0.1, 0.15) is 5.76 Å². The average Bonchev–Trinajstić information content (AvgIpc) is 2.95. The Kier molecular flexibility index (Phi) is 7.92. The first-order chi connectivity index (χ1) is 11.3. The van der Waals surface area contributed by atoms with Gasteiger partial charge in [0, 0.05) is 32.7 Å². The van der Waals surface area contributed by atoms with Gasteiger partial charge >= 0.3 is 0 Å². The third kappa shape index (κ3) is 4.75. The van der Waals surface area contributed by atoms with Gasteiger partial charge in [0.05, 0.1) is 5.56 Å². The summed E-state index contributed by atoms with van der Waals surface area (Å²) >= 11 is 0. The molecule has 1 saturated heterocycles. The van der Waals surface area contributed by atoms with Crippen molar-refractivity contribution in [2.75, 3.05) is 33.7 Å². The zero-order valence-corrected chi connectivity index (χ0v) is 16.9. The van der Waals surface area contributed by atoms with Crippen molar-refractivity contribution in [2.24, 2.45) is 0 Å². The van der Waals surface area contributed by atoms with E-state index in [0.717, 1.165) is 36.7 Å². The van der Waals surface area contributed by atoms with Gasteiger partial charge in [-0.25, -0.2) is 12.7 Å². The van der Waals surface area contributed by atoms with Gasteiger partial charge in [0.25, 0.3) is 15.9 Å². The SMILES string of the molecule is CCCN(C(=O)c1cc(S(=O)(=O)N(C)C)oc1C)C1CCNCC1.Cl. The van der Waals surface area contributed by atoms with Gasteiger partial charge in [-0.1, -0.05) is 6.92 Å². The van der Waals surface area contributed by atoms with E-state index in [2.05, 4.69) is 5.32 Å². The summed E-state index contributed by atoms with van der Waals surface area (Å²) < 4.78 is 30.9. The normalized spacial score (nSPS) is 15.9. The lowest BCUT2D eigenvalue weighted by atomic mass is 10.0. The summed E-state index contributed by atoms with van der Waals surface area (Å²) in [5, 5.41) is 3.11. The number of carbonyl (C=O) groups is 1. The highest BCUT2D eigenvalue weighted by Gasteiger charge is 2.30. The molecule has 1 aliphatic rings. The van der Waals surface area contributed by atoms with E-state index in [1.807, 2.05) is 11.8 Å². The summed E-state index contributed by atoms with van der Waals surface area (Å²) in [6.07, 6.45) is 2.67. The maximum absolute atomic E-state index is 13.0. The fraction of sp³-hybridized carbons (Fsp3) is 0.688. The van der Waals surface area contributed by atoms with Crippen molar-refractivity contribution in [3.8, 4) is 0 Å². The number of halogens is 1. The predicted octanol–water partition coefficient (Wildman–Crippen LogP) is 1.86. The van der Waals surface area contributed by atoms with Crippen LogP contribution < -0.4 is 5.32 Å². The number of hydrogen-bond acceptors (Lipinski definition) is 5. The number of furan rings is 1. The molecule has 1 aromatic heterocycles. The molecule has 7 nitrogen and oxygen atoms in total. The number of nitrogens with zero attached hydrogens (tertiary/aromatic N) is 2. The van der Waals surface area contributed by atoms with E-state index >= 15 is 0 Å². The van der Waals surface area contributed by atoms with Crippen molar-refractivity contribution in [1.82, 2.24) is 14.5 Å². The fourth-order valence-corrected chi connectivity index (χ4v) is 3.80. The van der Waals surface area contributed by atoms with Crippen molar-refractivity contribution in [1.29, 1.82) is 0 Å². The Balaban J connectivity index is 0.00000312. The van der Waals surface area contributed by atoms with E-state index in [9.17, 15) is 13.2 Å². The van der Waals surface area contributed by atoms with E-state index in [0.29, 0.717) is 17.9 Å². The lowest BCUT2D eigenvalue weighted by molar-refractivity contribution is 0.0641. The second kappa shape index (κ2) is 9.02. The molecule has 0 radical (unpaired) electrons. The van der Waals surface area contributed by atoms with Crippen molar-refractivity contribution in [2.45, 2.75) is 44.2 Å². The molecule has 144 valence electrons. The second-order valence-corrected chi connectivity index (χ2v) is 8.39. The summed E-state index contributed by atoms with van der Waals surface area (Å²) in [6, 6.07) is 1.54. The summed E-state index contributed by atoms with van der Waals surface area (Å²) in [5.41, 5.74) is 0.336. The lowest BCUT2D eigenvalue weighted by Crippen LogP contribution is -2.46. The molecular formula is C16H28ClN3O4S. The second-order valence-electron chi connectivity index (χ2n) is 6.30. The fourth-order valence-electron chi connectivity index (χ4n) is 2.94. The van der Waals surface area contributed by atoms with Crippen LogP contribution in [0.4, 0.5) is 0 Å². The summed E-state index contributed by atoms with van der Waals surface area (Å²) in [6.45, 7) is 6.11. The number of piperidine rings is 1. The molecule has 0 bridgehead atoms. The van der Waals surface area contributed by atoms with E-state index in [4.69, 9.17) is 4.42 Å². The molecule has 25 heavy (non-hydrogen) atoms. The summed E-state index contributed by atoms with van der Waals surface area (Å²) in [7, 11) is -0.814. The van der Waals surface area contributed by atoms with Gasteiger partial charge in [0.15, 0.2) is 0 Å². The standard InChI is InChI=1S/C16H27N3O4S.ClH/c1-5-10-19(13-6-8-17-9-7-13)16(20)14-11-15(23-12(14)2)24(21,22)18(3)4;/h11,13,17H,5-10H2,1-4H3;1H. The zero-order chi connectivity index (χ0) is 17.9. The first-order valence-corrected chi connectivity index (χ1v) is 9.77. The predicted molar refractivity (Wildman–Crippen MR) is 98.8 cm³/mol. The maximum Gasteiger partial charge on any atom is 0.275 e. The molecule has 1 aromatic rings. The lowest BCUT2D eigenvalue weighted by Gasteiger charge is -2.34. The number of amides is 1. The van der Waals surface area contributed by atoms with Crippen LogP contribution in [0.3, 0.4) is 0 Å². The molecule has 9 heteroatoms. The summed E-state index contributed by atoms with van der Waals surface area (Å²) in [4.78, 5) is 14.9. The van der Waals surface area contributed by atoms with Crippen LogP contribution in [0.5, 0.6) is 0 Å². The van der Waals surface area contributed by atoms with E-state index < -0.39 is 10.0 Å². The van der Waals surface area contributed by atoms with Gasteiger partial charge in [-0.3, -0.25) is 4.79 Å². The van der Waals surface area contributed by atoms with Crippen LogP contribution >= 0.6 is 12.4 Å². The molecule has 2 rings (SSSR count). The molecule has 0 spiro atoms. The number of nitrogens with one attached hydrogen (secondary N) is 1. The molecule has 0 unspecified atom stereocenters. The highest BCUT2D eigenvalue weighted by molar-refractivity contribution is 7.88. The van der Waals surface area contributed by atoms with Crippen LogP contribution in [0, 0.1) is 6.92 Å². The average molecular weight is 394 g/mol. The third-order valence-electron chi connectivity index (χ3n) is 4.34. The maximum atomic E-state index is 13.0. The minimum atomic E-state index is -3.69. The Bertz CT molecular complexity index is 682. The first kappa shape index (κ1) is 22.0. The number of rotatable bonds is 6. The van der Waals surface area contributed by atoms with E-state index in [1.165, 1.54) is 20.2 Å². The Morgan fingerprint density at radius 3 is 2.44 bits per heavy atom.